The number of amides is 1. The molecule has 110 valence electrons. The van der Waals surface area contributed by atoms with E-state index in [0.717, 1.165) is 18.6 Å². The Labute approximate surface area is 123 Å². The lowest BCUT2D eigenvalue weighted by atomic mass is 10.1. The Balaban J connectivity index is 2.71. The van der Waals surface area contributed by atoms with Gasteiger partial charge in [0.15, 0.2) is 0 Å². The zero-order chi connectivity index (χ0) is 15.1. The SMILES string of the molecule is CCCCSC(C)C(=O)Nc1cccc([N+](=O)[O-])c1C. The Kier molecular flexibility index (Phi) is 6.51. The average Bonchev–Trinajstić information content (AvgIpc) is 2.40. The van der Waals surface area contributed by atoms with Gasteiger partial charge in [0.25, 0.3) is 5.69 Å². The Morgan fingerprint density at radius 2 is 2.20 bits per heavy atom. The van der Waals surface area contributed by atoms with Crippen LogP contribution in [0.25, 0.3) is 0 Å². The highest BCUT2D eigenvalue weighted by molar-refractivity contribution is 8.00. The molecule has 1 atom stereocenters. The summed E-state index contributed by atoms with van der Waals surface area (Å²) >= 11 is 1.60. The molecule has 0 aromatic heterocycles. The normalized spacial score (nSPS) is 11.9. The van der Waals surface area contributed by atoms with E-state index in [4.69, 9.17) is 0 Å². The molecule has 0 aliphatic rings. The number of unbranched alkanes of at least 4 members (excludes halogenated alkanes) is 1. The number of nitrogens with one attached hydrogen (secondary N) is 1. The highest BCUT2D eigenvalue weighted by Crippen LogP contribution is 2.25. The first kappa shape index (κ1) is 16.5. The van der Waals surface area contributed by atoms with Crippen molar-refractivity contribution in [3.8, 4) is 0 Å². The summed E-state index contributed by atoms with van der Waals surface area (Å²) in [5.74, 6) is 0.827. The second-order valence-corrected chi connectivity index (χ2v) is 6.01. The summed E-state index contributed by atoms with van der Waals surface area (Å²) in [5.41, 5.74) is 1.01. The Morgan fingerprint density at radius 1 is 1.50 bits per heavy atom. The van der Waals surface area contributed by atoms with Gasteiger partial charge in [-0.2, -0.15) is 0 Å². The van der Waals surface area contributed by atoms with Crippen molar-refractivity contribution < 1.29 is 9.72 Å². The van der Waals surface area contributed by atoms with Gasteiger partial charge in [0.2, 0.25) is 5.91 Å². The van der Waals surface area contributed by atoms with Gasteiger partial charge >= 0.3 is 0 Å². The number of hydrogen-bond donors (Lipinski definition) is 1. The molecule has 1 rings (SSSR count). The van der Waals surface area contributed by atoms with Crippen molar-refractivity contribution in [1.82, 2.24) is 0 Å². The van der Waals surface area contributed by atoms with Gasteiger partial charge in [-0.15, -0.1) is 11.8 Å². The molecule has 0 fully saturated rings. The molecule has 0 spiro atoms. The van der Waals surface area contributed by atoms with E-state index >= 15 is 0 Å². The van der Waals surface area contributed by atoms with E-state index in [9.17, 15) is 14.9 Å². The van der Waals surface area contributed by atoms with Gasteiger partial charge in [0.05, 0.1) is 21.4 Å². The van der Waals surface area contributed by atoms with Crippen molar-refractivity contribution in [2.45, 2.75) is 38.9 Å². The lowest BCUT2D eigenvalue weighted by molar-refractivity contribution is -0.385. The summed E-state index contributed by atoms with van der Waals surface area (Å²) in [7, 11) is 0. The van der Waals surface area contributed by atoms with Crippen LogP contribution in [-0.2, 0) is 4.79 Å². The summed E-state index contributed by atoms with van der Waals surface area (Å²) in [4.78, 5) is 22.5. The summed E-state index contributed by atoms with van der Waals surface area (Å²) < 4.78 is 0. The highest BCUT2D eigenvalue weighted by atomic mass is 32.2. The Hall–Kier alpha value is -1.56. The standard InChI is InChI=1S/C14H20N2O3S/c1-4-5-9-20-11(3)14(17)15-12-7-6-8-13(10(12)2)16(18)19/h6-8,11H,4-5,9H2,1-3H3,(H,15,17). The number of thioether (sulfide) groups is 1. The largest absolute Gasteiger partial charge is 0.325 e. The maximum absolute atomic E-state index is 12.0. The molecule has 0 bridgehead atoms. The summed E-state index contributed by atoms with van der Waals surface area (Å²) in [6, 6.07) is 4.70. The fraction of sp³-hybridized carbons (Fsp3) is 0.500. The van der Waals surface area contributed by atoms with Crippen LogP contribution in [0.3, 0.4) is 0 Å². The van der Waals surface area contributed by atoms with Crippen LogP contribution in [0, 0.1) is 17.0 Å². The monoisotopic (exact) mass is 296 g/mol. The van der Waals surface area contributed by atoms with Gasteiger partial charge in [0, 0.05) is 6.07 Å². The molecule has 5 nitrogen and oxygen atoms in total. The molecule has 1 aromatic rings. The number of anilines is 1. The molecule has 1 amide bonds. The minimum Gasteiger partial charge on any atom is -0.325 e. The number of nitrogens with zero attached hydrogens (tertiary/aromatic N) is 1. The van der Waals surface area contributed by atoms with Gasteiger partial charge in [-0.05, 0) is 32.1 Å². The summed E-state index contributed by atoms with van der Waals surface area (Å²) in [6.07, 6.45) is 2.18. The van der Waals surface area contributed by atoms with Crippen molar-refractivity contribution in [2.75, 3.05) is 11.1 Å². The van der Waals surface area contributed by atoms with Crippen molar-refractivity contribution >= 4 is 29.0 Å². The number of rotatable bonds is 7. The number of hydrogen-bond acceptors (Lipinski definition) is 4. The molecule has 1 unspecified atom stereocenters. The van der Waals surface area contributed by atoms with Crippen LogP contribution in [0.15, 0.2) is 18.2 Å². The molecular weight excluding hydrogens is 276 g/mol. The first-order chi connectivity index (χ1) is 9.47. The average molecular weight is 296 g/mol. The fourth-order valence-electron chi connectivity index (χ4n) is 1.67. The molecule has 0 heterocycles. The predicted molar refractivity (Wildman–Crippen MR) is 83.3 cm³/mol. The van der Waals surface area contributed by atoms with Crippen LogP contribution >= 0.6 is 11.8 Å². The third kappa shape index (κ3) is 4.52. The first-order valence-electron chi connectivity index (χ1n) is 6.63. The van der Waals surface area contributed by atoms with Crippen LogP contribution in [0.2, 0.25) is 0 Å². The van der Waals surface area contributed by atoms with E-state index < -0.39 is 4.92 Å². The third-order valence-corrected chi connectivity index (χ3v) is 4.23. The molecule has 20 heavy (non-hydrogen) atoms. The number of carbonyl (C=O) groups is 1. The van der Waals surface area contributed by atoms with E-state index in [1.54, 1.807) is 30.8 Å². The maximum Gasteiger partial charge on any atom is 0.274 e. The van der Waals surface area contributed by atoms with Crippen molar-refractivity contribution in [1.29, 1.82) is 0 Å². The number of nitro groups is 1. The quantitative estimate of drug-likeness (QED) is 0.472. The molecule has 6 heteroatoms. The molecule has 0 aliphatic heterocycles. The van der Waals surface area contributed by atoms with Crippen LogP contribution < -0.4 is 5.32 Å². The minimum atomic E-state index is -0.440. The fourth-order valence-corrected chi connectivity index (χ4v) is 2.69. The molecule has 0 aliphatic carbocycles. The van der Waals surface area contributed by atoms with E-state index in [1.165, 1.54) is 6.07 Å². The van der Waals surface area contributed by atoms with Crippen LogP contribution in [0.1, 0.15) is 32.3 Å². The van der Waals surface area contributed by atoms with E-state index in [-0.39, 0.29) is 16.8 Å². The molecule has 1 aromatic carbocycles. The zero-order valence-electron chi connectivity index (χ0n) is 12.0. The van der Waals surface area contributed by atoms with E-state index in [1.807, 2.05) is 6.92 Å². The molecule has 0 saturated heterocycles. The Bertz CT molecular complexity index is 491. The topological polar surface area (TPSA) is 72.2 Å². The van der Waals surface area contributed by atoms with Crippen molar-refractivity contribution in [3.63, 3.8) is 0 Å². The molecule has 0 radical (unpaired) electrons. The molecule has 0 saturated carbocycles. The highest BCUT2D eigenvalue weighted by Gasteiger charge is 2.17. The summed E-state index contributed by atoms with van der Waals surface area (Å²) in [6.45, 7) is 5.60. The van der Waals surface area contributed by atoms with Crippen LogP contribution in [-0.4, -0.2) is 21.8 Å². The maximum atomic E-state index is 12.0. The minimum absolute atomic E-state index is 0.0223. The number of benzene rings is 1. The Morgan fingerprint density at radius 3 is 2.80 bits per heavy atom. The van der Waals surface area contributed by atoms with Crippen molar-refractivity contribution in [3.05, 3.63) is 33.9 Å². The van der Waals surface area contributed by atoms with E-state index in [0.29, 0.717) is 11.3 Å². The predicted octanol–water partition coefficient (Wildman–Crippen LogP) is 3.76. The van der Waals surface area contributed by atoms with E-state index in [2.05, 4.69) is 12.2 Å². The van der Waals surface area contributed by atoms with Gasteiger partial charge in [-0.1, -0.05) is 19.4 Å². The van der Waals surface area contributed by atoms with Crippen LogP contribution in [0.5, 0.6) is 0 Å². The number of carbonyl (C=O) groups excluding carboxylic acids is 1. The summed E-state index contributed by atoms with van der Waals surface area (Å²) in [5, 5.41) is 13.5. The second kappa shape index (κ2) is 7.89. The molecule has 1 N–H and O–H groups in total. The lowest BCUT2D eigenvalue weighted by Crippen LogP contribution is -2.23. The zero-order valence-corrected chi connectivity index (χ0v) is 12.8. The van der Waals surface area contributed by atoms with Crippen LogP contribution in [0.4, 0.5) is 11.4 Å². The van der Waals surface area contributed by atoms with Gasteiger partial charge in [-0.3, -0.25) is 14.9 Å². The lowest BCUT2D eigenvalue weighted by Gasteiger charge is -2.13. The second-order valence-electron chi connectivity index (χ2n) is 4.56. The van der Waals surface area contributed by atoms with Gasteiger partial charge < -0.3 is 5.32 Å². The smallest absolute Gasteiger partial charge is 0.274 e. The van der Waals surface area contributed by atoms with Gasteiger partial charge in [-0.25, -0.2) is 0 Å². The van der Waals surface area contributed by atoms with Crippen molar-refractivity contribution in [2.24, 2.45) is 0 Å². The number of nitro benzene ring substituents is 1. The first-order valence-corrected chi connectivity index (χ1v) is 7.68. The van der Waals surface area contributed by atoms with Gasteiger partial charge in [0.1, 0.15) is 0 Å². The molecular formula is C14H20N2O3S. The third-order valence-electron chi connectivity index (χ3n) is 2.99.